The van der Waals surface area contributed by atoms with Crippen molar-refractivity contribution >= 4 is 21.6 Å². The Morgan fingerprint density at radius 3 is 3.06 bits per heavy atom. The Labute approximate surface area is 111 Å². The van der Waals surface area contributed by atoms with Crippen molar-refractivity contribution in [3.8, 4) is 0 Å². The fourth-order valence-corrected chi connectivity index (χ4v) is 2.47. The number of hydrogen-bond acceptors (Lipinski definition) is 3. The zero-order chi connectivity index (χ0) is 12.1. The Balaban J connectivity index is 1.74. The Hall–Kier alpha value is -0.580. The number of ether oxygens (including phenoxy) is 1. The van der Waals surface area contributed by atoms with Crippen LogP contribution in [0.5, 0.6) is 0 Å². The first-order valence-corrected chi connectivity index (χ1v) is 6.87. The van der Waals surface area contributed by atoms with Gasteiger partial charge in [-0.15, -0.1) is 0 Å². The smallest absolute Gasteiger partial charge is 0.0674 e. The molecule has 0 bridgehead atoms. The Bertz CT molecular complexity index is 359. The Morgan fingerprint density at radius 1 is 1.47 bits per heavy atom. The van der Waals surface area contributed by atoms with Crippen LogP contribution in [0.4, 0.5) is 5.69 Å². The van der Waals surface area contributed by atoms with Crippen LogP contribution >= 0.6 is 15.9 Å². The standard InChI is InChI=1S/C13H19BrN2O/c1-11-10-16(8-9-17-11)7-6-15-13-5-3-2-4-12(13)14/h2-5,11,15H,6-10H2,1H3. The van der Waals surface area contributed by atoms with Crippen LogP contribution in [0.2, 0.25) is 0 Å². The lowest BCUT2D eigenvalue weighted by Crippen LogP contribution is -2.43. The molecule has 1 N–H and O–H groups in total. The van der Waals surface area contributed by atoms with Crippen LogP contribution in [-0.2, 0) is 4.74 Å². The van der Waals surface area contributed by atoms with E-state index in [4.69, 9.17) is 4.74 Å². The van der Waals surface area contributed by atoms with Crippen molar-refractivity contribution in [3.63, 3.8) is 0 Å². The van der Waals surface area contributed by atoms with Gasteiger partial charge in [0.05, 0.1) is 12.7 Å². The fraction of sp³-hybridized carbons (Fsp3) is 0.538. The second-order valence-corrected chi connectivity index (χ2v) is 5.24. The maximum Gasteiger partial charge on any atom is 0.0674 e. The molecule has 1 fully saturated rings. The highest BCUT2D eigenvalue weighted by Gasteiger charge is 2.15. The highest BCUT2D eigenvalue weighted by molar-refractivity contribution is 9.10. The van der Waals surface area contributed by atoms with Crippen molar-refractivity contribution < 1.29 is 4.74 Å². The minimum Gasteiger partial charge on any atom is -0.383 e. The predicted molar refractivity (Wildman–Crippen MR) is 74.5 cm³/mol. The minimum atomic E-state index is 0.368. The largest absolute Gasteiger partial charge is 0.383 e. The molecule has 0 radical (unpaired) electrons. The molecule has 1 aromatic carbocycles. The summed E-state index contributed by atoms with van der Waals surface area (Å²) in [6, 6.07) is 8.22. The van der Waals surface area contributed by atoms with E-state index in [0.717, 1.165) is 42.9 Å². The van der Waals surface area contributed by atoms with E-state index in [-0.39, 0.29) is 0 Å². The molecule has 4 heteroatoms. The molecule has 0 saturated carbocycles. The third-order valence-corrected chi connectivity index (χ3v) is 3.63. The minimum absolute atomic E-state index is 0.368. The van der Waals surface area contributed by atoms with Gasteiger partial charge in [0.25, 0.3) is 0 Å². The van der Waals surface area contributed by atoms with Gasteiger partial charge in [0.2, 0.25) is 0 Å². The summed E-state index contributed by atoms with van der Waals surface area (Å²) in [5, 5.41) is 3.45. The van der Waals surface area contributed by atoms with E-state index in [1.807, 2.05) is 12.1 Å². The van der Waals surface area contributed by atoms with E-state index in [0.29, 0.717) is 6.10 Å². The number of hydrogen-bond donors (Lipinski definition) is 1. The average molecular weight is 299 g/mol. The van der Waals surface area contributed by atoms with Crippen molar-refractivity contribution in [2.75, 3.05) is 38.1 Å². The number of nitrogens with one attached hydrogen (secondary N) is 1. The summed E-state index contributed by atoms with van der Waals surface area (Å²) in [6.07, 6.45) is 0.368. The zero-order valence-corrected chi connectivity index (χ0v) is 11.7. The molecular weight excluding hydrogens is 280 g/mol. The molecule has 1 atom stereocenters. The molecule has 2 rings (SSSR count). The molecule has 94 valence electrons. The molecule has 0 amide bonds. The van der Waals surface area contributed by atoms with Gasteiger partial charge in [-0.3, -0.25) is 4.90 Å². The normalized spacial score (nSPS) is 21.4. The van der Waals surface area contributed by atoms with Crippen LogP contribution in [0.25, 0.3) is 0 Å². The van der Waals surface area contributed by atoms with E-state index < -0.39 is 0 Å². The fourth-order valence-electron chi connectivity index (χ4n) is 2.05. The van der Waals surface area contributed by atoms with Crippen LogP contribution in [0.3, 0.4) is 0 Å². The molecule has 1 aliphatic rings. The summed E-state index contributed by atoms with van der Waals surface area (Å²) in [4.78, 5) is 2.44. The van der Waals surface area contributed by atoms with Crippen molar-refractivity contribution in [1.29, 1.82) is 0 Å². The summed E-state index contributed by atoms with van der Waals surface area (Å²) in [5.74, 6) is 0. The average Bonchev–Trinajstić information content (AvgIpc) is 2.32. The Kier molecular flexibility index (Phi) is 4.83. The van der Waals surface area contributed by atoms with Gasteiger partial charge in [-0.2, -0.15) is 0 Å². The van der Waals surface area contributed by atoms with E-state index >= 15 is 0 Å². The lowest BCUT2D eigenvalue weighted by molar-refractivity contribution is -0.0166. The molecule has 0 spiro atoms. The molecule has 1 saturated heterocycles. The second-order valence-electron chi connectivity index (χ2n) is 4.39. The maximum atomic E-state index is 5.52. The maximum absolute atomic E-state index is 5.52. The van der Waals surface area contributed by atoms with Crippen LogP contribution in [0.15, 0.2) is 28.7 Å². The summed E-state index contributed by atoms with van der Waals surface area (Å²) in [7, 11) is 0. The summed E-state index contributed by atoms with van der Waals surface area (Å²) in [5.41, 5.74) is 1.16. The molecule has 1 aromatic rings. The van der Waals surface area contributed by atoms with Crippen LogP contribution in [-0.4, -0.2) is 43.8 Å². The molecule has 3 nitrogen and oxygen atoms in total. The van der Waals surface area contributed by atoms with Gasteiger partial charge in [0.1, 0.15) is 0 Å². The molecule has 0 aromatic heterocycles. The molecule has 1 heterocycles. The highest BCUT2D eigenvalue weighted by Crippen LogP contribution is 2.20. The number of nitrogens with zero attached hydrogens (tertiary/aromatic N) is 1. The number of anilines is 1. The van der Waals surface area contributed by atoms with Crippen molar-refractivity contribution in [2.45, 2.75) is 13.0 Å². The highest BCUT2D eigenvalue weighted by atomic mass is 79.9. The molecule has 1 unspecified atom stereocenters. The quantitative estimate of drug-likeness (QED) is 0.925. The lowest BCUT2D eigenvalue weighted by Gasteiger charge is -2.31. The predicted octanol–water partition coefficient (Wildman–Crippen LogP) is 2.58. The van der Waals surface area contributed by atoms with Gasteiger partial charge >= 0.3 is 0 Å². The third-order valence-electron chi connectivity index (χ3n) is 2.94. The monoisotopic (exact) mass is 298 g/mol. The first-order valence-electron chi connectivity index (χ1n) is 6.08. The van der Waals surface area contributed by atoms with Crippen molar-refractivity contribution in [1.82, 2.24) is 4.90 Å². The first-order chi connectivity index (χ1) is 8.25. The number of rotatable bonds is 4. The van der Waals surface area contributed by atoms with E-state index in [1.54, 1.807) is 0 Å². The molecule has 0 aliphatic carbocycles. The van der Waals surface area contributed by atoms with Crippen LogP contribution in [0.1, 0.15) is 6.92 Å². The summed E-state index contributed by atoms with van der Waals surface area (Å²) >= 11 is 3.54. The van der Waals surface area contributed by atoms with Gasteiger partial charge in [0.15, 0.2) is 0 Å². The number of benzene rings is 1. The van der Waals surface area contributed by atoms with E-state index in [2.05, 4.69) is 45.2 Å². The number of halogens is 1. The van der Waals surface area contributed by atoms with Crippen molar-refractivity contribution in [3.05, 3.63) is 28.7 Å². The van der Waals surface area contributed by atoms with Crippen molar-refractivity contribution in [2.24, 2.45) is 0 Å². The second kappa shape index (κ2) is 6.38. The molecule has 17 heavy (non-hydrogen) atoms. The van der Waals surface area contributed by atoms with Gasteiger partial charge in [0, 0.05) is 36.3 Å². The van der Waals surface area contributed by atoms with Crippen LogP contribution in [0, 0.1) is 0 Å². The SMILES string of the molecule is CC1CN(CCNc2ccccc2Br)CCO1. The lowest BCUT2D eigenvalue weighted by atomic mass is 10.3. The summed E-state index contributed by atoms with van der Waals surface area (Å²) < 4.78 is 6.64. The first kappa shape index (κ1) is 12.9. The van der Waals surface area contributed by atoms with Gasteiger partial charge in [-0.05, 0) is 35.0 Å². The van der Waals surface area contributed by atoms with Gasteiger partial charge < -0.3 is 10.1 Å². The number of morpholine rings is 1. The third kappa shape index (κ3) is 3.98. The zero-order valence-electron chi connectivity index (χ0n) is 10.2. The summed E-state index contributed by atoms with van der Waals surface area (Å²) in [6.45, 7) is 7.10. The van der Waals surface area contributed by atoms with Crippen LogP contribution < -0.4 is 5.32 Å². The van der Waals surface area contributed by atoms with Gasteiger partial charge in [-0.1, -0.05) is 12.1 Å². The van der Waals surface area contributed by atoms with Gasteiger partial charge in [-0.25, -0.2) is 0 Å². The molecular formula is C13H19BrN2O. The molecule has 1 aliphatic heterocycles. The number of para-hydroxylation sites is 1. The van der Waals surface area contributed by atoms with E-state index in [9.17, 15) is 0 Å². The topological polar surface area (TPSA) is 24.5 Å². The van der Waals surface area contributed by atoms with E-state index in [1.165, 1.54) is 0 Å². The Morgan fingerprint density at radius 2 is 2.29 bits per heavy atom.